The zero-order valence-electron chi connectivity index (χ0n) is 21.6. The van der Waals surface area contributed by atoms with Crippen LogP contribution in [0.3, 0.4) is 0 Å². The lowest BCUT2D eigenvalue weighted by molar-refractivity contribution is -0.225. The summed E-state index contributed by atoms with van der Waals surface area (Å²) < 4.78 is 19.3. The predicted octanol–water partition coefficient (Wildman–Crippen LogP) is -0.433. The van der Waals surface area contributed by atoms with Crippen molar-refractivity contribution < 1.29 is 14.3 Å². The van der Waals surface area contributed by atoms with E-state index in [0.29, 0.717) is 0 Å². The van der Waals surface area contributed by atoms with Gasteiger partial charge in [0, 0.05) is 64.6 Å². The van der Waals surface area contributed by atoms with E-state index < -0.39 is 28.5 Å². The first kappa shape index (κ1) is 25.1. The quantitative estimate of drug-likeness (QED) is 0.451. The smallest absolute Gasteiger partial charge is 0.353 e. The van der Waals surface area contributed by atoms with Gasteiger partial charge in [0.15, 0.2) is 11.5 Å². The van der Waals surface area contributed by atoms with Crippen molar-refractivity contribution in [2.75, 3.05) is 66.5 Å². The number of rotatable bonds is 6. The lowest BCUT2D eigenvalue weighted by atomic mass is 10.2. The molecular weight excluding hydrogens is 497 g/mol. The maximum atomic E-state index is 15.3. The van der Waals surface area contributed by atoms with Gasteiger partial charge in [0.25, 0.3) is 0 Å². The van der Waals surface area contributed by atoms with Crippen LogP contribution in [0, 0.1) is 5.82 Å². The number of carboxylic acid groups (broad SMARTS) is 1. The molecule has 3 fully saturated rings. The van der Waals surface area contributed by atoms with Gasteiger partial charge in [-0.05, 0) is 33.0 Å². The summed E-state index contributed by atoms with van der Waals surface area (Å²) in [4.78, 5) is 43.0. The molecule has 0 atom stereocenters. The minimum atomic E-state index is -1.38. The Morgan fingerprint density at radius 2 is 1.61 bits per heavy atom. The van der Waals surface area contributed by atoms with E-state index >= 15 is 4.39 Å². The molecular formula is C24H32FN9O4. The fraction of sp³-hybridized carbons (Fsp3) is 0.583. The molecule has 6 rings (SSSR count). The first-order valence-corrected chi connectivity index (χ1v) is 13.0. The van der Waals surface area contributed by atoms with Crippen LogP contribution in [-0.2, 0) is 6.67 Å². The molecule has 38 heavy (non-hydrogen) atoms. The number of carbonyl (C=O) groups is 1. The summed E-state index contributed by atoms with van der Waals surface area (Å²) in [5.41, 5.74) is -1.84. The van der Waals surface area contributed by atoms with Gasteiger partial charge in [0.1, 0.15) is 17.9 Å². The highest BCUT2D eigenvalue weighted by Crippen LogP contribution is 2.37. The van der Waals surface area contributed by atoms with Crippen molar-refractivity contribution in [2.24, 2.45) is 0 Å². The molecule has 2 aliphatic heterocycles. The Labute approximate surface area is 217 Å². The van der Waals surface area contributed by atoms with Crippen LogP contribution in [0.15, 0.2) is 21.9 Å². The number of piperazine rings is 2. The predicted molar refractivity (Wildman–Crippen MR) is 136 cm³/mol. The normalized spacial score (nSPS) is 20.7. The van der Waals surface area contributed by atoms with Gasteiger partial charge in [-0.3, -0.25) is 4.79 Å². The highest BCUT2D eigenvalue weighted by Gasteiger charge is 2.32. The summed E-state index contributed by atoms with van der Waals surface area (Å²) in [6.45, 7) is 6.72. The molecule has 14 heteroatoms. The number of aromatic nitrogens is 4. The standard InChI is InChI=1S/C24H32FN9O4/c1-27-5-9-29(10-6-27)33(30-11-7-28(2)8-12-30)15-32-24(38)34-21(26-32)19(25)13-17-20(35)18(23(36)37)14-31(22(17)34)16-3-4-16/h13-14,16H,3-12,15H2,1-2H3,(H,36,37). The van der Waals surface area contributed by atoms with Crippen molar-refractivity contribution in [2.45, 2.75) is 25.6 Å². The summed E-state index contributed by atoms with van der Waals surface area (Å²) in [7, 11) is 4.15. The summed E-state index contributed by atoms with van der Waals surface area (Å²) in [5, 5.41) is 20.2. The average Bonchev–Trinajstić information content (AvgIpc) is 3.68. The zero-order valence-corrected chi connectivity index (χ0v) is 21.6. The summed E-state index contributed by atoms with van der Waals surface area (Å²) in [6.07, 6.45) is 2.82. The van der Waals surface area contributed by atoms with Crippen molar-refractivity contribution in [3.05, 3.63) is 44.4 Å². The maximum Gasteiger partial charge on any atom is 0.353 e. The molecule has 0 amide bonds. The minimum Gasteiger partial charge on any atom is -0.477 e. The molecule has 1 saturated carbocycles. The van der Waals surface area contributed by atoms with E-state index in [-0.39, 0.29) is 29.4 Å². The molecule has 0 aromatic carbocycles. The van der Waals surface area contributed by atoms with Crippen LogP contribution < -0.4 is 11.1 Å². The largest absolute Gasteiger partial charge is 0.477 e. The van der Waals surface area contributed by atoms with E-state index in [1.807, 2.05) is 5.12 Å². The molecule has 0 unspecified atom stereocenters. The van der Waals surface area contributed by atoms with Crippen LogP contribution >= 0.6 is 0 Å². The van der Waals surface area contributed by atoms with Crippen LogP contribution in [0.4, 0.5) is 4.39 Å². The number of likely N-dealkylation sites (N-methyl/N-ethyl adjacent to an activating group) is 2. The molecule has 204 valence electrons. The number of carboxylic acids is 1. The van der Waals surface area contributed by atoms with Crippen molar-refractivity contribution in [1.29, 1.82) is 0 Å². The number of aromatic carboxylic acids is 1. The SMILES string of the molecule is CN1CCN(N(Cn2nc3c(F)cc4c(=O)c(C(=O)O)cn(C5CC5)c4n3c2=O)N2CCN(C)CC2)CC1. The van der Waals surface area contributed by atoms with E-state index in [0.717, 1.165) is 75.7 Å². The fourth-order valence-electron chi connectivity index (χ4n) is 5.36. The summed E-state index contributed by atoms with van der Waals surface area (Å²) >= 11 is 0. The molecule has 5 heterocycles. The molecule has 1 N–H and O–H groups in total. The van der Waals surface area contributed by atoms with Gasteiger partial charge in [-0.1, -0.05) is 0 Å². The molecule has 1 aliphatic carbocycles. The van der Waals surface area contributed by atoms with E-state index in [1.54, 1.807) is 4.57 Å². The third-order valence-electron chi connectivity index (χ3n) is 7.82. The molecule has 3 aliphatic rings. The molecule has 0 radical (unpaired) electrons. The Morgan fingerprint density at radius 1 is 1.03 bits per heavy atom. The summed E-state index contributed by atoms with van der Waals surface area (Å²) in [5.74, 6) is -2.23. The number of hydrogen-bond donors (Lipinski definition) is 1. The Bertz CT molecular complexity index is 1490. The van der Waals surface area contributed by atoms with Gasteiger partial charge >= 0.3 is 11.7 Å². The summed E-state index contributed by atoms with van der Waals surface area (Å²) in [6, 6.07) is 0.945. The fourth-order valence-corrected chi connectivity index (χ4v) is 5.36. The Morgan fingerprint density at radius 3 is 2.13 bits per heavy atom. The van der Waals surface area contributed by atoms with Crippen molar-refractivity contribution >= 4 is 22.6 Å². The molecule has 13 nitrogen and oxygen atoms in total. The maximum absolute atomic E-state index is 15.3. The number of pyridine rings is 2. The second-order valence-electron chi connectivity index (χ2n) is 10.5. The molecule has 2 saturated heterocycles. The first-order valence-electron chi connectivity index (χ1n) is 13.0. The average molecular weight is 530 g/mol. The molecule has 0 spiro atoms. The minimum absolute atomic E-state index is 0.0627. The number of halogens is 1. The lowest BCUT2D eigenvalue weighted by Crippen LogP contribution is -2.62. The molecule has 3 aromatic heterocycles. The van der Waals surface area contributed by atoms with Crippen LogP contribution in [0.2, 0.25) is 0 Å². The van der Waals surface area contributed by atoms with E-state index in [1.165, 1.54) is 10.9 Å². The van der Waals surface area contributed by atoms with E-state index in [9.17, 15) is 19.5 Å². The molecule has 0 bridgehead atoms. The highest BCUT2D eigenvalue weighted by molar-refractivity contribution is 5.92. The molecule has 3 aromatic rings. The Kier molecular flexibility index (Phi) is 6.31. The Hall–Kier alpha value is -3.17. The third kappa shape index (κ3) is 4.31. The highest BCUT2D eigenvalue weighted by atomic mass is 19.1. The van der Waals surface area contributed by atoms with Crippen LogP contribution in [-0.4, -0.2) is 121 Å². The zero-order chi connectivity index (χ0) is 26.7. The van der Waals surface area contributed by atoms with E-state index in [2.05, 4.69) is 39.0 Å². The first-order chi connectivity index (χ1) is 18.2. The van der Waals surface area contributed by atoms with Crippen LogP contribution in [0.1, 0.15) is 29.2 Å². The van der Waals surface area contributed by atoms with Gasteiger partial charge in [-0.25, -0.2) is 28.4 Å². The number of fused-ring (bicyclic) bond motifs is 3. The van der Waals surface area contributed by atoms with Crippen LogP contribution in [0.5, 0.6) is 0 Å². The monoisotopic (exact) mass is 529 g/mol. The Balaban J connectivity index is 1.48. The van der Waals surface area contributed by atoms with Gasteiger partial charge in [0.2, 0.25) is 5.43 Å². The van der Waals surface area contributed by atoms with Gasteiger partial charge < -0.3 is 19.5 Å². The van der Waals surface area contributed by atoms with Crippen molar-refractivity contribution in [3.63, 3.8) is 0 Å². The van der Waals surface area contributed by atoms with E-state index in [4.69, 9.17) is 0 Å². The van der Waals surface area contributed by atoms with Gasteiger partial charge in [-0.2, -0.15) is 9.80 Å². The second kappa shape index (κ2) is 9.54. The number of hydrazine groups is 2. The van der Waals surface area contributed by atoms with Crippen molar-refractivity contribution in [3.8, 4) is 0 Å². The lowest BCUT2D eigenvalue weighted by Gasteiger charge is -2.47. The third-order valence-corrected chi connectivity index (χ3v) is 7.82. The van der Waals surface area contributed by atoms with Crippen LogP contribution in [0.25, 0.3) is 16.7 Å². The number of hydrogen-bond acceptors (Lipinski definition) is 9. The topological polar surface area (TPSA) is 115 Å². The number of nitrogens with zero attached hydrogens (tertiary/aromatic N) is 9. The van der Waals surface area contributed by atoms with Gasteiger partial charge in [0.05, 0.1) is 5.39 Å². The van der Waals surface area contributed by atoms with Gasteiger partial charge in [-0.15, -0.1) is 5.10 Å². The second-order valence-corrected chi connectivity index (χ2v) is 10.5. The van der Waals surface area contributed by atoms with Crippen molar-refractivity contribution in [1.82, 2.24) is 43.7 Å².